The van der Waals surface area contributed by atoms with Gasteiger partial charge in [0.2, 0.25) is 0 Å². The number of methoxy groups -OCH3 is 1. The van der Waals surface area contributed by atoms with E-state index in [1.54, 1.807) is 7.11 Å². The lowest BCUT2D eigenvalue weighted by Crippen LogP contribution is -1.83. The number of rotatable bonds is 2. The number of hydrogen-bond donors (Lipinski definition) is 0. The summed E-state index contributed by atoms with van der Waals surface area (Å²) >= 11 is 0. The van der Waals surface area contributed by atoms with E-state index in [2.05, 4.69) is 13.0 Å². The van der Waals surface area contributed by atoms with E-state index in [0.717, 1.165) is 12.2 Å². The van der Waals surface area contributed by atoms with Crippen molar-refractivity contribution in [3.8, 4) is 5.75 Å². The van der Waals surface area contributed by atoms with Gasteiger partial charge in [0.15, 0.2) is 0 Å². The number of aryl methyl sites for hydroxylation is 1. The summed E-state index contributed by atoms with van der Waals surface area (Å²) in [5.74, 6) is 0.872. The van der Waals surface area contributed by atoms with Crippen LogP contribution in [0.4, 0.5) is 0 Å². The van der Waals surface area contributed by atoms with Gasteiger partial charge in [0, 0.05) is 0 Å². The zero-order chi connectivity index (χ0) is 7.40. The molecule has 1 rings (SSSR count). The lowest BCUT2D eigenvalue weighted by molar-refractivity contribution is 0.414. The van der Waals surface area contributed by atoms with Crippen molar-refractivity contribution in [2.75, 3.05) is 7.11 Å². The number of hydrogen-bond acceptors (Lipinski definition) is 1. The average molecular weight is 135 g/mol. The minimum Gasteiger partial charge on any atom is -0.497 e. The molecule has 0 aromatic heterocycles. The second-order valence-electron chi connectivity index (χ2n) is 2.11. The van der Waals surface area contributed by atoms with Gasteiger partial charge < -0.3 is 4.74 Å². The first kappa shape index (κ1) is 7.13. The zero-order valence-corrected chi connectivity index (χ0v) is 6.35. The smallest absolute Gasteiger partial charge is 0.119 e. The van der Waals surface area contributed by atoms with Crippen molar-refractivity contribution in [3.63, 3.8) is 0 Å². The van der Waals surface area contributed by atoms with E-state index in [0.29, 0.717) is 0 Å². The molecule has 0 saturated carbocycles. The summed E-state index contributed by atoms with van der Waals surface area (Å²) in [7, 11) is 1.66. The molecule has 0 aliphatic heterocycles. The predicted molar refractivity (Wildman–Crippen MR) is 41.2 cm³/mol. The van der Waals surface area contributed by atoms with Crippen molar-refractivity contribution in [2.45, 2.75) is 13.3 Å². The van der Waals surface area contributed by atoms with E-state index in [1.807, 2.05) is 18.2 Å². The SMILES string of the molecule is CCc1[c]cc(OC)cc1. The highest BCUT2D eigenvalue weighted by atomic mass is 16.5. The molecule has 53 valence electrons. The molecule has 0 fully saturated rings. The van der Waals surface area contributed by atoms with Gasteiger partial charge in [0.05, 0.1) is 7.11 Å². The molecule has 1 nitrogen and oxygen atoms in total. The van der Waals surface area contributed by atoms with E-state index < -0.39 is 0 Å². The Labute approximate surface area is 61.6 Å². The molecule has 0 N–H and O–H groups in total. The Morgan fingerprint density at radius 2 is 2.30 bits per heavy atom. The first-order valence-electron chi connectivity index (χ1n) is 3.41. The van der Waals surface area contributed by atoms with Crippen LogP contribution in [0.1, 0.15) is 12.5 Å². The fraction of sp³-hybridized carbons (Fsp3) is 0.333. The van der Waals surface area contributed by atoms with Crippen LogP contribution in [0, 0.1) is 6.07 Å². The van der Waals surface area contributed by atoms with E-state index in [1.165, 1.54) is 5.56 Å². The van der Waals surface area contributed by atoms with Crippen LogP contribution >= 0.6 is 0 Å². The van der Waals surface area contributed by atoms with Gasteiger partial charge in [-0.25, -0.2) is 0 Å². The zero-order valence-electron chi connectivity index (χ0n) is 6.35. The third-order valence-corrected chi connectivity index (χ3v) is 1.47. The summed E-state index contributed by atoms with van der Waals surface area (Å²) in [5, 5.41) is 0. The van der Waals surface area contributed by atoms with Gasteiger partial charge in [-0.1, -0.05) is 13.0 Å². The summed E-state index contributed by atoms with van der Waals surface area (Å²) < 4.78 is 4.98. The van der Waals surface area contributed by atoms with Crippen molar-refractivity contribution < 1.29 is 4.74 Å². The Morgan fingerprint density at radius 1 is 1.50 bits per heavy atom. The standard InChI is InChI=1S/C9H11O/c1-3-8-4-6-9(10-2)7-5-8/h4,6-7H,3H2,1-2H3. The van der Waals surface area contributed by atoms with E-state index in [4.69, 9.17) is 4.74 Å². The average Bonchev–Trinajstić information content (AvgIpc) is 2.05. The molecule has 0 spiro atoms. The molecule has 1 aromatic carbocycles. The lowest BCUT2D eigenvalue weighted by Gasteiger charge is -1.98. The second kappa shape index (κ2) is 3.25. The summed E-state index contributed by atoms with van der Waals surface area (Å²) in [4.78, 5) is 0. The van der Waals surface area contributed by atoms with E-state index in [9.17, 15) is 0 Å². The summed E-state index contributed by atoms with van der Waals surface area (Å²) in [6, 6.07) is 8.95. The molecule has 0 aliphatic rings. The molecule has 1 aromatic rings. The van der Waals surface area contributed by atoms with E-state index >= 15 is 0 Å². The van der Waals surface area contributed by atoms with Crippen LogP contribution in [0.15, 0.2) is 18.2 Å². The monoisotopic (exact) mass is 135 g/mol. The number of benzene rings is 1. The number of ether oxygens (including phenoxy) is 1. The fourth-order valence-corrected chi connectivity index (χ4v) is 0.790. The third kappa shape index (κ3) is 1.50. The van der Waals surface area contributed by atoms with Crippen LogP contribution in [0.2, 0.25) is 0 Å². The van der Waals surface area contributed by atoms with Crippen LogP contribution in [-0.4, -0.2) is 7.11 Å². The van der Waals surface area contributed by atoms with Crippen molar-refractivity contribution in [1.82, 2.24) is 0 Å². The topological polar surface area (TPSA) is 9.23 Å². The highest BCUT2D eigenvalue weighted by Crippen LogP contribution is 2.10. The Morgan fingerprint density at radius 3 is 2.70 bits per heavy atom. The van der Waals surface area contributed by atoms with Crippen molar-refractivity contribution >= 4 is 0 Å². The van der Waals surface area contributed by atoms with Gasteiger partial charge in [0.1, 0.15) is 5.75 Å². The molecular weight excluding hydrogens is 124 g/mol. The van der Waals surface area contributed by atoms with Crippen LogP contribution < -0.4 is 4.74 Å². The first-order chi connectivity index (χ1) is 4.86. The summed E-state index contributed by atoms with van der Waals surface area (Å²) in [5.41, 5.74) is 1.22. The molecule has 1 radical (unpaired) electrons. The van der Waals surface area contributed by atoms with Crippen LogP contribution in [0.3, 0.4) is 0 Å². The third-order valence-electron chi connectivity index (χ3n) is 1.47. The van der Waals surface area contributed by atoms with Gasteiger partial charge in [-0.3, -0.25) is 0 Å². The van der Waals surface area contributed by atoms with Crippen molar-refractivity contribution in [1.29, 1.82) is 0 Å². The highest BCUT2D eigenvalue weighted by Gasteiger charge is 1.89. The Hall–Kier alpha value is -0.980. The lowest BCUT2D eigenvalue weighted by atomic mass is 10.2. The maximum absolute atomic E-state index is 4.98. The van der Waals surface area contributed by atoms with E-state index in [-0.39, 0.29) is 0 Å². The van der Waals surface area contributed by atoms with Crippen LogP contribution in [0.5, 0.6) is 5.75 Å². The normalized spacial score (nSPS) is 9.40. The maximum Gasteiger partial charge on any atom is 0.119 e. The van der Waals surface area contributed by atoms with Crippen LogP contribution in [-0.2, 0) is 6.42 Å². The molecule has 1 heteroatoms. The molecule has 0 unspecified atom stereocenters. The molecule has 0 heterocycles. The largest absolute Gasteiger partial charge is 0.497 e. The first-order valence-corrected chi connectivity index (χ1v) is 3.41. The molecule has 0 amide bonds. The summed E-state index contributed by atoms with van der Waals surface area (Å²) in [6.45, 7) is 2.11. The fourth-order valence-electron chi connectivity index (χ4n) is 0.790. The highest BCUT2D eigenvalue weighted by molar-refractivity contribution is 5.25. The van der Waals surface area contributed by atoms with Gasteiger partial charge in [0.25, 0.3) is 0 Å². The van der Waals surface area contributed by atoms with Crippen molar-refractivity contribution in [3.05, 3.63) is 29.8 Å². The quantitative estimate of drug-likeness (QED) is 0.603. The molecular formula is C9H11O. The minimum absolute atomic E-state index is 0.872. The molecule has 0 atom stereocenters. The van der Waals surface area contributed by atoms with Gasteiger partial charge in [-0.05, 0) is 30.2 Å². The predicted octanol–water partition coefficient (Wildman–Crippen LogP) is 2.06. The molecule has 10 heavy (non-hydrogen) atoms. The maximum atomic E-state index is 4.98. The molecule has 0 bridgehead atoms. The Balaban J connectivity index is 2.80. The Kier molecular flexibility index (Phi) is 2.32. The van der Waals surface area contributed by atoms with Gasteiger partial charge in [-0.15, -0.1) is 0 Å². The summed E-state index contributed by atoms with van der Waals surface area (Å²) in [6.07, 6.45) is 1.03. The van der Waals surface area contributed by atoms with Gasteiger partial charge >= 0.3 is 0 Å². The second-order valence-corrected chi connectivity index (χ2v) is 2.11. The van der Waals surface area contributed by atoms with Crippen molar-refractivity contribution in [2.24, 2.45) is 0 Å². The molecule has 0 aliphatic carbocycles. The van der Waals surface area contributed by atoms with Gasteiger partial charge in [-0.2, -0.15) is 0 Å². The Bertz CT molecular complexity index is 165. The molecule has 0 saturated heterocycles. The minimum atomic E-state index is 0.872. The van der Waals surface area contributed by atoms with Crippen LogP contribution in [0.25, 0.3) is 0 Å².